The molecule has 0 aromatic carbocycles. The first-order valence-electron chi connectivity index (χ1n) is 3.29. The molecular weight excluding hydrogens is 171 g/mol. The standard InChI is InChI=1S/C6H11FO5/c7-5(3(10)1-8)6(12)4(11)2-9/h4-6,8-9,11-12H,1-2H2. The van der Waals surface area contributed by atoms with Crippen molar-refractivity contribution in [3.05, 3.63) is 0 Å². The minimum atomic E-state index is -2.36. The fraction of sp³-hybridized carbons (Fsp3) is 0.833. The number of rotatable bonds is 5. The lowest BCUT2D eigenvalue weighted by Gasteiger charge is -2.17. The van der Waals surface area contributed by atoms with E-state index in [1.807, 2.05) is 0 Å². The zero-order valence-corrected chi connectivity index (χ0v) is 6.22. The van der Waals surface area contributed by atoms with Gasteiger partial charge in [0.1, 0.15) is 18.8 Å². The Balaban J connectivity index is 4.08. The molecule has 0 spiro atoms. The Bertz CT molecular complexity index is 151. The van der Waals surface area contributed by atoms with Crippen LogP contribution < -0.4 is 0 Å². The Hall–Kier alpha value is -0.560. The van der Waals surface area contributed by atoms with Crippen molar-refractivity contribution in [2.45, 2.75) is 18.4 Å². The van der Waals surface area contributed by atoms with Gasteiger partial charge in [-0.2, -0.15) is 0 Å². The molecule has 0 aliphatic rings. The maximum absolute atomic E-state index is 12.6. The molecule has 0 radical (unpaired) electrons. The van der Waals surface area contributed by atoms with Crippen LogP contribution in [0.1, 0.15) is 0 Å². The van der Waals surface area contributed by atoms with E-state index >= 15 is 0 Å². The minimum Gasteiger partial charge on any atom is -0.394 e. The van der Waals surface area contributed by atoms with Crippen LogP contribution in [-0.4, -0.2) is 57.8 Å². The molecule has 0 saturated carbocycles. The van der Waals surface area contributed by atoms with E-state index in [1.54, 1.807) is 0 Å². The van der Waals surface area contributed by atoms with Gasteiger partial charge in [-0.15, -0.1) is 0 Å². The molecule has 3 unspecified atom stereocenters. The molecule has 0 heterocycles. The summed E-state index contributed by atoms with van der Waals surface area (Å²) >= 11 is 0. The van der Waals surface area contributed by atoms with Crippen LogP contribution in [0.25, 0.3) is 0 Å². The topological polar surface area (TPSA) is 98.0 Å². The molecule has 0 aromatic rings. The second-order valence-electron chi connectivity index (χ2n) is 2.27. The van der Waals surface area contributed by atoms with Gasteiger partial charge in [0.05, 0.1) is 6.61 Å². The fourth-order valence-electron chi connectivity index (χ4n) is 0.581. The molecule has 0 rings (SSSR count). The Kier molecular flexibility index (Phi) is 4.91. The van der Waals surface area contributed by atoms with Gasteiger partial charge in [-0.1, -0.05) is 0 Å². The van der Waals surface area contributed by atoms with E-state index in [1.165, 1.54) is 0 Å². The van der Waals surface area contributed by atoms with Crippen molar-refractivity contribution in [3.63, 3.8) is 0 Å². The molecule has 0 fully saturated rings. The third-order valence-electron chi connectivity index (χ3n) is 1.34. The van der Waals surface area contributed by atoms with Crippen LogP contribution in [0.5, 0.6) is 0 Å². The molecule has 0 saturated heterocycles. The van der Waals surface area contributed by atoms with Gasteiger partial charge in [0.25, 0.3) is 0 Å². The predicted molar refractivity (Wildman–Crippen MR) is 36.1 cm³/mol. The number of halogens is 1. The van der Waals surface area contributed by atoms with Crippen LogP contribution in [0, 0.1) is 0 Å². The lowest BCUT2D eigenvalue weighted by molar-refractivity contribution is -0.135. The molecule has 6 heteroatoms. The molecular formula is C6H11FO5. The van der Waals surface area contributed by atoms with Gasteiger partial charge in [0.2, 0.25) is 0 Å². The Morgan fingerprint density at radius 3 is 2.17 bits per heavy atom. The molecule has 0 aromatic heterocycles. The van der Waals surface area contributed by atoms with E-state index in [9.17, 15) is 9.18 Å². The highest BCUT2D eigenvalue weighted by molar-refractivity contribution is 5.84. The molecule has 72 valence electrons. The molecule has 0 bridgehead atoms. The normalized spacial score (nSPS) is 18.4. The molecule has 5 nitrogen and oxygen atoms in total. The lowest BCUT2D eigenvalue weighted by atomic mass is 10.1. The van der Waals surface area contributed by atoms with Gasteiger partial charge in [0.15, 0.2) is 12.0 Å². The molecule has 0 aliphatic carbocycles. The number of ketones is 1. The number of carbonyl (C=O) groups excluding carboxylic acids is 1. The van der Waals surface area contributed by atoms with E-state index in [0.29, 0.717) is 0 Å². The number of hydrogen-bond acceptors (Lipinski definition) is 5. The third-order valence-corrected chi connectivity index (χ3v) is 1.34. The second-order valence-corrected chi connectivity index (χ2v) is 2.27. The zero-order chi connectivity index (χ0) is 9.72. The van der Waals surface area contributed by atoms with Crippen molar-refractivity contribution in [1.29, 1.82) is 0 Å². The van der Waals surface area contributed by atoms with Crippen LogP contribution >= 0.6 is 0 Å². The maximum atomic E-state index is 12.6. The molecule has 0 aliphatic heterocycles. The zero-order valence-electron chi connectivity index (χ0n) is 6.22. The van der Waals surface area contributed by atoms with E-state index < -0.39 is 37.4 Å². The quantitative estimate of drug-likeness (QED) is 0.380. The summed E-state index contributed by atoms with van der Waals surface area (Å²) < 4.78 is 12.6. The summed E-state index contributed by atoms with van der Waals surface area (Å²) in [6.07, 6.45) is -6.07. The molecule has 3 atom stereocenters. The summed E-state index contributed by atoms with van der Waals surface area (Å²) in [5.74, 6) is -1.23. The summed E-state index contributed by atoms with van der Waals surface area (Å²) in [6, 6.07) is 0. The average Bonchev–Trinajstić information content (AvgIpc) is 2.12. The van der Waals surface area contributed by atoms with Crippen molar-refractivity contribution < 1.29 is 29.6 Å². The van der Waals surface area contributed by atoms with E-state index in [2.05, 4.69) is 0 Å². The largest absolute Gasteiger partial charge is 0.394 e. The van der Waals surface area contributed by atoms with Crippen molar-refractivity contribution in [2.75, 3.05) is 13.2 Å². The third kappa shape index (κ3) is 2.82. The second kappa shape index (κ2) is 5.15. The van der Waals surface area contributed by atoms with E-state index in [0.717, 1.165) is 0 Å². The van der Waals surface area contributed by atoms with Crippen LogP contribution in [0.4, 0.5) is 4.39 Å². The average molecular weight is 182 g/mol. The van der Waals surface area contributed by atoms with Crippen molar-refractivity contribution in [3.8, 4) is 0 Å². The first kappa shape index (κ1) is 11.4. The van der Waals surface area contributed by atoms with Crippen LogP contribution in [0.15, 0.2) is 0 Å². The van der Waals surface area contributed by atoms with Gasteiger partial charge >= 0.3 is 0 Å². The maximum Gasteiger partial charge on any atom is 0.194 e. The first-order chi connectivity index (χ1) is 5.54. The Morgan fingerprint density at radius 1 is 1.33 bits per heavy atom. The number of alkyl halides is 1. The summed E-state index contributed by atoms with van der Waals surface area (Å²) in [5.41, 5.74) is 0. The highest BCUT2D eigenvalue weighted by atomic mass is 19.1. The van der Waals surface area contributed by atoms with Gasteiger partial charge < -0.3 is 20.4 Å². The van der Waals surface area contributed by atoms with Gasteiger partial charge in [-0.25, -0.2) is 4.39 Å². The van der Waals surface area contributed by atoms with Crippen molar-refractivity contribution >= 4 is 5.78 Å². The van der Waals surface area contributed by atoms with Crippen molar-refractivity contribution in [1.82, 2.24) is 0 Å². The summed E-state index contributed by atoms with van der Waals surface area (Å²) in [6.45, 7) is -1.89. The predicted octanol–water partition coefficient (Wildman–Crippen LogP) is -2.40. The number of hydrogen-bond donors (Lipinski definition) is 4. The molecule has 12 heavy (non-hydrogen) atoms. The number of aliphatic hydroxyl groups is 4. The van der Waals surface area contributed by atoms with Crippen LogP contribution in [0.2, 0.25) is 0 Å². The summed E-state index contributed by atoms with van der Waals surface area (Å²) in [5, 5.41) is 33.9. The lowest BCUT2D eigenvalue weighted by Crippen LogP contribution is -2.42. The number of aliphatic hydroxyl groups excluding tert-OH is 4. The highest BCUT2D eigenvalue weighted by Gasteiger charge is 2.30. The number of carbonyl (C=O) groups is 1. The summed E-state index contributed by atoms with van der Waals surface area (Å²) in [4.78, 5) is 10.4. The first-order valence-corrected chi connectivity index (χ1v) is 3.29. The van der Waals surface area contributed by atoms with E-state index in [4.69, 9.17) is 20.4 Å². The van der Waals surface area contributed by atoms with Crippen molar-refractivity contribution in [2.24, 2.45) is 0 Å². The van der Waals surface area contributed by atoms with Gasteiger partial charge in [-0.3, -0.25) is 4.79 Å². The van der Waals surface area contributed by atoms with Crippen LogP contribution in [-0.2, 0) is 4.79 Å². The van der Waals surface area contributed by atoms with Gasteiger partial charge in [0, 0.05) is 0 Å². The highest BCUT2D eigenvalue weighted by Crippen LogP contribution is 2.05. The monoisotopic (exact) mass is 182 g/mol. The van der Waals surface area contributed by atoms with E-state index in [-0.39, 0.29) is 0 Å². The molecule has 0 amide bonds. The Morgan fingerprint density at radius 2 is 1.83 bits per heavy atom. The minimum absolute atomic E-state index is 0.847. The SMILES string of the molecule is O=C(CO)C(F)C(O)C(O)CO. The molecule has 4 N–H and O–H groups in total. The fourth-order valence-corrected chi connectivity index (χ4v) is 0.581. The smallest absolute Gasteiger partial charge is 0.194 e. The Labute approximate surface area is 68.1 Å². The van der Waals surface area contributed by atoms with Crippen LogP contribution in [0.3, 0.4) is 0 Å². The van der Waals surface area contributed by atoms with Gasteiger partial charge in [-0.05, 0) is 0 Å². The number of Topliss-reactive ketones (excluding diaryl/α,β-unsaturated/α-hetero) is 1. The summed E-state index contributed by atoms with van der Waals surface area (Å²) in [7, 11) is 0.